The van der Waals surface area contributed by atoms with Crippen LogP contribution in [0.25, 0.3) is 0 Å². The Labute approximate surface area is 110 Å². The van der Waals surface area contributed by atoms with Crippen LogP contribution in [-0.2, 0) is 9.59 Å². The molecule has 0 spiro atoms. The van der Waals surface area contributed by atoms with Crippen molar-refractivity contribution in [3.05, 3.63) is 0 Å². The van der Waals surface area contributed by atoms with Crippen LogP contribution < -0.4 is 5.32 Å². The molecule has 1 amide bonds. The van der Waals surface area contributed by atoms with Crippen molar-refractivity contribution in [2.24, 2.45) is 16.7 Å². The molecule has 0 aromatic carbocycles. The molecule has 106 valence electrons. The van der Waals surface area contributed by atoms with Gasteiger partial charge in [-0.2, -0.15) is 0 Å². The molecule has 0 aromatic heterocycles. The van der Waals surface area contributed by atoms with Crippen molar-refractivity contribution in [2.45, 2.75) is 60.9 Å². The molecule has 0 radical (unpaired) electrons. The van der Waals surface area contributed by atoms with Crippen molar-refractivity contribution in [1.82, 2.24) is 5.32 Å². The maximum atomic E-state index is 11.9. The SMILES string of the molecule is CC(CC(=O)N[C@H](C(=O)O)C(C)(C)C)C(C)(C)C. The Morgan fingerprint density at radius 1 is 1.06 bits per heavy atom. The van der Waals surface area contributed by atoms with Crippen LogP contribution in [0.4, 0.5) is 0 Å². The second-order valence-electron chi connectivity index (χ2n) is 7.18. The summed E-state index contributed by atoms with van der Waals surface area (Å²) in [6, 6.07) is -0.850. The van der Waals surface area contributed by atoms with Crippen LogP contribution in [0.1, 0.15) is 54.9 Å². The van der Waals surface area contributed by atoms with Gasteiger partial charge in [-0.15, -0.1) is 0 Å². The lowest BCUT2D eigenvalue weighted by atomic mass is 9.79. The van der Waals surface area contributed by atoms with Gasteiger partial charge >= 0.3 is 5.97 Å². The Kier molecular flexibility index (Phi) is 5.38. The lowest BCUT2D eigenvalue weighted by Gasteiger charge is -2.30. The monoisotopic (exact) mass is 257 g/mol. The van der Waals surface area contributed by atoms with E-state index in [0.717, 1.165) is 0 Å². The minimum atomic E-state index is -0.987. The van der Waals surface area contributed by atoms with Crippen LogP contribution in [0.15, 0.2) is 0 Å². The molecule has 0 bridgehead atoms. The van der Waals surface area contributed by atoms with Crippen LogP contribution >= 0.6 is 0 Å². The Morgan fingerprint density at radius 2 is 1.50 bits per heavy atom. The van der Waals surface area contributed by atoms with E-state index in [1.54, 1.807) is 20.8 Å². The molecule has 0 aliphatic rings. The van der Waals surface area contributed by atoms with Gasteiger partial charge in [0.2, 0.25) is 5.91 Å². The molecule has 0 aromatic rings. The number of hydrogen-bond acceptors (Lipinski definition) is 2. The fraction of sp³-hybridized carbons (Fsp3) is 0.857. The van der Waals surface area contributed by atoms with Crippen molar-refractivity contribution in [3.63, 3.8) is 0 Å². The summed E-state index contributed by atoms with van der Waals surface area (Å²) in [6.07, 6.45) is 0.351. The van der Waals surface area contributed by atoms with E-state index in [1.165, 1.54) is 0 Å². The number of nitrogens with one attached hydrogen (secondary N) is 1. The van der Waals surface area contributed by atoms with Gasteiger partial charge in [-0.05, 0) is 16.7 Å². The molecule has 0 heterocycles. The zero-order valence-corrected chi connectivity index (χ0v) is 12.6. The number of carbonyl (C=O) groups is 2. The zero-order chi connectivity index (χ0) is 14.7. The third-order valence-corrected chi connectivity index (χ3v) is 3.39. The molecule has 4 nitrogen and oxygen atoms in total. The Hall–Kier alpha value is -1.06. The van der Waals surface area contributed by atoms with Gasteiger partial charge in [-0.25, -0.2) is 4.79 Å². The number of rotatable bonds is 4. The van der Waals surface area contributed by atoms with E-state index in [9.17, 15) is 9.59 Å². The predicted molar refractivity (Wildman–Crippen MR) is 72.3 cm³/mol. The number of carboxylic acids is 1. The normalized spacial score (nSPS) is 15.9. The second kappa shape index (κ2) is 5.72. The van der Waals surface area contributed by atoms with E-state index in [4.69, 9.17) is 5.11 Å². The molecule has 0 aliphatic heterocycles. The highest BCUT2D eigenvalue weighted by atomic mass is 16.4. The molecule has 0 fully saturated rings. The van der Waals surface area contributed by atoms with Crippen molar-refractivity contribution in [2.75, 3.05) is 0 Å². The summed E-state index contributed by atoms with van der Waals surface area (Å²) in [5, 5.41) is 11.8. The lowest BCUT2D eigenvalue weighted by Crippen LogP contribution is -2.49. The zero-order valence-electron chi connectivity index (χ0n) is 12.6. The summed E-state index contributed by atoms with van der Waals surface area (Å²) >= 11 is 0. The number of aliphatic carboxylic acids is 1. The van der Waals surface area contributed by atoms with Gasteiger partial charge in [-0.1, -0.05) is 48.5 Å². The van der Waals surface area contributed by atoms with Crippen molar-refractivity contribution >= 4 is 11.9 Å². The first-order chi connectivity index (χ1) is 7.85. The third-order valence-electron chi connectivity index (χ3n) is 3.39. The number of carboxylic acid groups (broad SMARTS) is 1. The molecular formula is C14H27NO3. The number of carbonyl (C=O) groups excluding carboxylic acids is 1. The van der Waals surface area contributed by atoms with Crippen molar-refractivity contribution < 1.29 is 14.7 Å². The van der Waals surface area contributed by atoms with E-state index in [-0.39, 0.29) is 17.2 Å². The summed E-state index contributed by atoms with van der Waals surface area (Å²) in [6.45, 7) is 13.6. The molecule has 0 saturated heterocycles. The van der Waals surface area contributed by atoms with Crippen LogP contribution in [0, 0.1) is 16.7 Å². The molecule has 0 rings (SSSR count). The van der Waals surface area contributed by atoms with E-state index in [0.29, 0.717) is 6.42 Å². The molecule has 18 heavy (non-hydrogen) atoms. The van der Waals surface area contributed by atoms with Gasteiger partial charge in [-0.3, -0.25) is 4.79 Å². The fourth-order valence-corrected chi connectivity index (χ4v) is 1.45. The van der Waals surface area contributed by atoms with E-state index >= 15 is 0 Å². The van der Waals surface area contributed by atoms with Gasteiger partial charge in [0.1, 0.15) is 6.04 Å². The molecule has 4 heteroatoms. The maximum Gasteiger partial charge on any atom is 0.326 e. The van der Waals surface area contributed by atoms with E-state index in [1.807, 2.05) is 6.92 Å². The van der Waals surface area contributed by atoms with Crippen molar-refractivity contribution in [1.29, 1.82) is 0 Å². The quantitative estimate of drug-likeness (QED) is 0.813. The maximum absolute atomic E-state index is 11.9. The molecule has 2 N–H and O–H groups in total. The van der Waals surface area contributed by atoms with E-state index in [2.05, 4.69) is 26.1 Å². The summed E-state index contributed by atoms with van der Waals surface area (Å²) in [7, 11) is 0. The summed E-state index contributed by atoms with van der Waals surface area (Å²) in [5.41, 5.74) is -0.454. The molecule has 2 atom stereocenters. The Bertz CT molecular complexity index is 310. The summed E-state index contributed by atoms with van der Waals surface area (Å²) in [5.74, 6) is -0.981. The van der Waals surface area contributed by atoms with Gasteiger partial charge in [0, 0.05) is 6.42 Å². The summed E-state index contributed by atoms with van der Waals surface area (Å²) in [4.78, 5) is 23.0. The number of amides is 1. The van der Waals surface area contributed by atoms with Crippen LogP contribution in [0.5, 0.6) is 0 Å². The third kappa shape index (κ3) is 5.52. The molecule has 1 unspecified atom stereocenters. The highest BCUT2D eigenvalue weighted by Gasteiger charge is 2.33. The summed E-state index contributed by atoms with van der Waals surface area (Å²) < 4.78 is 0. The van der Waals surface area contributed by atoms with Gasteiger partial charge in [0.15, 0.2) is 0 Å². The van der Waals surface area contributed by atoms with E-state index < -0.39 is 17.4 Å². The smallest absolute Gasteiger partial charge is 0.326 e. The molecule has 0 saturated carbocycles. The standard InChI is InChI=1S/C14H27NO3/c1-9(13(2,3)4)8-10(16)15-11(12(17)18)14(5,6)7/h9,11H,8H2,1-7H3,(H,15,16)(H,17,18)/t9?,11-/m1/s1. The van der Waals surface area contributed by atoms with Crippen LogP contribution in [0.2, 0.25) is 0 Å². The van der Waals surface area contributed by atoms with Crippen LogP contribution in [-0.4, -0.2) is 23.0 Å². The molecular weight excluding hydrogens is 230 g/mol. The number of hydrogen-bond donors (Lipinski definition) is 2. The average Bonchev–Trinajstić information content (AvgIpc) is 2.10. The lowest BCUT2D eigenvalue weighted by molar-refractivity contribution is -0.145. The average molecular weight is 257 g/mol. The second-order valence-corrected chi connectivity index (χ2v) is 7.18. The van der Waals surface area contributed by atoms with Gasteiger partial charge in [0.25, 0.3) is 0 Å². The highest BCUT2D eigenvalue weighted by molar-refractivity contribution is 5.84. The van der Waals surface area contributed by atoms with Crippen LogP contribution in [0.3, 0.4) is 0 Å². The Balaban J connectivity index is 4.60. The largest absolute Gasteiger partial charge is 0.480 e. The Morgan fingerprint density at radius 3 is 1.78 bits per heavy atom. The minimum absolute atomic E-state index is 0.0395. The highest BCUT2D eigenvalue weighted by Crippen LogP contribution is 2.28. The first-order valence-electron chi connectivity index (χ1n) is 6.38. The fourth-order valence-electron chi connectivity index (χ4n) is 1.45. The first kappa shape index (κ1) is 16.9. The van der Waals surface area contributed by atoms with Gasteiger partial charge in [0.05, 0.1) is 0 Å². The molecule has 0 aliphatic carbocycles. The van der Waals surface area contributed by atoms with Gasteiger partial charge < -0.3 is 10.4 Å². The first-order valence-corrected chi connectivity index (χ1v) is 6.38. The minimum Gasteiger partial charge on any atom is -0.480 e. The topological polar surface area (TPSA) is 66.4 Å². The van der Waals surface area contributed by atoms with Crippen molar-refractivity contribution in [3.8, 4) is 0 Å². The predicted octanol–water partition coefficient (Wildman–Crippen LogP) is 2.67.